The second-order valence-corrected chi connectivity index (χ2v) is 6.12. The Labute approximate surface area is 153 Å². The molecular weight excluding hydrogens is 330 g/mol. The lowest BCUT2D eigenvalue weighted by Gasteiger charge is -2.15. The number of rotatable bonds is 5. The van der Waals surface area contributed by atoms with Crippen molar-refractivity contribution in [1.29, 1.82) is 0 Å². The van der Waals surface area contributed by atoms with E-state index in [0.29, 0.717) is 24.6 Å². The summed E-state index contributed by atoms with van der Waals surface area (Å²) in [6.45, 7) is 5.14. The van der Waals surface area contributed by atoms with Crippen LogP contribution in [0.5, 0.6) is 5.75 Å². The van der Waals surface area contributed by atoms with Crippen LogP contribution in [0.1, 0.15) is 25.0 Å². The first-order valence-electron chi connectivity index (χ1n) is 8.75. The van der Waals surface area contributed by atoms with Crippen LogP contribution in [-0.2, 0) is 17.8 Å². The number of nitrogens with one attached hydrogen (secondary N) is 2. The van der Waals surface area contributed by atoms with Gasteiger partial charge in [0.25, 0.3) is 0 Å². The molecule has 2 aromatic carbocycles. The first-order chi connectivity index (χ1) is 12.6. The number of carbonyl (C=O) groups excluding carboxylic acids is 2. The summed E-state index contributed by atoms with van der Waals surface area (Å²) < 4.78 is 5.51. The number of hydrogen-bond acceptors (Lipinski definition) is 3. The summed E-state index contributed by atoms with van der Waals surface area (Å²) in [6.07, 6.45) is 0.844. The summed E-state index contributed by atoms with van der Waals surface area (Å²) in [7, 11) is 0. The third kappa shape index (κ3) is 3.96. The molecular formula is C20H23N3O3. The van der Waals surface area contributed by atoms with E-state index in [2.05, 4.69) is 10.6 Å². The van der Waals surface area contributed by atoms with Gasteiger partial charge in [0.1, 0.15) is 5.75 Å². The Kier molecular flexibility index (Phi) is 5.41. The van der Waals surface area contributed by atoms with Crippen molar-refractivity contribution in [2.24, 2.45) is 0 Å². The van der Waals surface area contributed by atoms with Crippen LogP contribution in [-0.4, -0.2) is 25.1 Å². The number of urea groups is 1. The number of hydrogen-bond donors (Lipinski definition) is 2. The molecule has 0 aromatic heterocycles. The number of fused-ring (bicyclic) bond motifs is 1. The van der Waals surface area contributed by atoms with E-state index in [0.717, 1.165) is 29.8 Å². The van der Waals surface area contributed by atoms with Crippen molar-refractivity contribution in [3.05, 3.63) is 53.6 Å². The maximum Gasteiger partial charge on any atom is 0.319 e. The Balaban J connectivity index is 1.60. The molecule has 0 saturated carbocycles. The van der Waals surface area contributed by atoms with E-state index in [4.69, 9.17) is 4.74 Å². The van der Waals surface area contributed by atoms with Gasteiger partial charge in [-0.25, -0.2) is 4.79 Å². The average molecular weight is 353 g/mol. The molecule has 6 heteroatoms. The molecule has 0 fully saturated rings. The third-order valence-corrected chi connectivity index (χ3v) is 4.31. The molecule has 2 N–H and O–H groups in total. The average Bonchev–Trinajstić information content (AvgIpc) is 3.05. The van der Waals surface area contributed by atoms with Crippen molar-refractivity contribution >= 4 is 23.3 Å². The number of anilines is 2. The summed E-state index contributed by atoms with van der Waals surface area (Å²) in [5, 5.41) is 5.67. The standard InChI is InChI=1S/C20H23N3O3/c1-3-26-19-7-5-4-6-17(19)22-20(25)21-13-15-8-9-18-16(12-15)10-11-23(18)14(2)24/h4-9,12H,3,10-11,13H2,1-2H3,(H2,21,22,25). The zero-order valence-electron chi connectivity index (χ0n) is 15.0. The van der Waals surface area contributed by atoms with Crippen molar-refractivity contribution in [3.8, 4) is 5.75 Å². The molecule has 1 aliphatic heterocycles. The van der Waals surface area contributed by atoms with Crippen LogP contribution in [0.4, 0.5) is 16.2 Å². The molecule has 1 aliphatic rings. The Morgan fingerprint density at radius 1 is 1.19 bits per heavy atom. The van der Waals surface area contributed by atoms with E-state index in [9.17, 15) is 9.59 Å². The number of para-hydroxylation sites is 2. The summed E-state index contributed by atoms with van der Waals surface area (Å²) in [6, 6.07) is 13.0. The van der Waals surface area contributed by atoms with Crippen LogP contribution in [0.2, 0.25) is 0 Å². The van der Waals surface area contributed by atoms with Crippen LogP contribution in [0.3, 0.4) is 0 Å². The molecule has 0 atom stereocenters. The highest BCUT2D eigenvalue weighted by molar-refractivity contribution is 5.94. The molecule has 26 heavy (non-hydrogen) atoms. The normalized spacial score (nSPS) is 12.5. The lowest BCUT2D eigenvalue weighted by Crippen LogP contribution is -2.28. The largest absolute Gasteiger partial charge is 0.492 e. The molecule has 136 valence electrons. The zero-order valence-corrected chi connectivity index (χ0v) is 15.0. The van der Waals surface area contributed by atoms with Gasteiger partial charge < -0.3 is 20.3 Å². The van der Waals surface area contributed by atoms with E-state index in [-0.39, 0.29) is 11.9 Å². The lowest BCUT2D eigenvalue weighted by atomic mass is 10.1. The molecule has 0 aliphatic carbocycles. The fourth-order valence-corrected chi connectivity index (χ4v) is 3.09. The second-order valence-electron chi connectivity index (χ2n) is 6.12. The highest BCUT2D eigenvalue weighted by Gasteiger charge is 2.22. The molecule has 0 saturated heterocycles. The van der Waals surface area contributed by atoms with Gasteiger partial charge in [0.15, 0.2) is 0 Å². The summed E-state index contributed by atoms with van der Waals surface area (Å²) in [5.41, 5.74) is 3.75. The molecule has 3 amide bonds. The Hall–Kier alpha value is -3.02. The second kappa shape index (κ2) is 7.91. The number of ether oxygens (including phenoxy) is 1. The number of nitrogens with zero attached hydrogens (tertiary/aromatic N) is 1. The van der Waals surface area contributed by atoms with E-state index in [1.54, 1.807) is 17.9 Å². The Bertz CT molecular complexity index is 820. The predicted octanol–water partition coefficient (Wildman–Crippen LogP) is 3.32. The third-order valence-electron chi connectivity index (χ3n) is 4.31. The predicted molar refractivity (Wildman–Crippen MR) is 102 cm³/mol. The van der Waals surface area contributed by atoms with Gasteiger partial charge in [0, 0.05) is 25.7 Å². The maximum atomic E-state index is 12.2. The summed E-state index contributed by atoms with van der Waals surface area (Å²) >= 11 is 0. The Morgan fingerprint density at radius 3 is 2.77 bits per heavy atom. The summed E-state index contributed by atoms with van der Waals surface area (Å²) in [4.78, 5) is 25.6. The fourth-order valence-electron chi connectivity index (χ4n) is 3.09. The summed E-state index contributed by atoms with van der Waals surface area (Å²) in [5.74, 6) is 0.703. The first kappa shape index (κ1) is 17.8. The number of benzene rings is 2. The first-order valence-corrected chi connectivity index (χ1v) is 8.75. The Morgan fingerprint density at radius 2 is 2.00 bits per heavy atom. The van der Waals surface area contributed by atoms with E-state index in [1.165, 1.54) is 0 Å². The van der Waals surface area contributed by atoms with Crippen molar-refractivity contribution in [3.63, 3.8) is 0 Å². The quantitative estimate of drug-likeness (QED) is 0.866. The van der Waals surface area contributed by atoms with Crippen molar-refractivity contribution in [2.45, 2.75) is 26.8 Å². The van der Waals surface area contributed by atoms with Gasteiger partial charge in [-0.2, -0.15) is 0 Å². The van der Waals surface area contributed by atoms with Crippen LogP contribution in [0.15, 0.2) is 42.5 Å². The minimum Gasteiger partial charge on any atom is -0.492 e. The van der Waals surface area contributed by atoms with E-state index in [1.807, 2.05) is 43.3 Å². The molecule has 6 nitrogen and oxygen atoms in total. The lowest BCUT2D eigenvalue weighted by molar-refractivity contribution is -0.116. The molecule has 0 spiro atoms. The minimum absolute atomic E-state index is 0.0574. The van der Waals surface area contributed by atoms with Gasteiger partial charge in [-0.05, 0) is 42.7 Å². The molecule has 0 bridgehead atoms. The SMILES string of the molecule is CCOc1ccccc1NC(=O)NCc1ccc2c(c1)CCN2C(C)=O. The molecule has 1 heterocycles. The molecule has 3 rings (SSSR count). The molecule has 2 aromatic rings. The van der Waals surface area contributed by atoms with Gasteiger partial charge in [-0.1, -0.05) is 24.3 Å². The van der Waals surface area contributed by atoms with Crippen LogP contribution < -0.4 is 20.3 Å². The minimum atomic E-state index is -0.289. The fraction of sp³-hybridized carbons (Fsp3) is 0.300. The molecule has 0 unspecified atom stereocenters. The van der Waals surface area contributed by atoms with E-state index >= 15 is 0 Å². The molecule has 0 radical (unpaired) electrons. The highest BCUT2D eigenvalue weighted by Crippen LogP contribution is 2.29. The van der Waals surface area contributed by atoms with Crippen LogP contribution in [0.25, 0.3) is 0 Å². The topological polar surface area (TPSA) is 70.7 Å². The van der Waals surface area contributed by atoms with Crippen molar-refractivity contribution in [1.82, 2.24) is 5.32 Å². The number of amides is 3. The van der Waals surface area contributed by atoms with Crippen LogP contribution in [0, 0.1) is 0 Å². The number of carbonyl (C=O) groups is 2. The smallest absolute Gasteiger partial charge is 0.319 e. The monoisotopic (exact) mass is 353 g/mol. The maximum absolute atomic E-state index is 12.2. The van der Waals surface area contributed by atoms with Gasteiger partial charge >= 0.3 is 6.03 Å². The van der Waals surface area contributed by atoms with Crippen molar-refractivity contribution in [2.75, 3.05) is 23.4 Å². The van der Waals surface area contributed by atoms with Crippen LogP contribution >= 0.6 is 0 Å². The zero-order chi connectivity index (χ0) is 18.5. The van der Waals surface area contributed by atoms with E-state index < -0.39 is 0 Å². The van der Waals surface area contributed by atoms with Gasteiger partial charge in [0.2, 0.25) is 5.91 Å². The van der Waals surface area contributed by atoms with Gasteiger partial charge in [0.05, 0.1) is 12.3 Å². The van der Waals surface area contributed by atoms with Crippen molar-refractivity contribution < 1.29 is 14.3 Å². The van der Waals surface area contributed by atoms with Gasteiger partial charge in [-0.15, -0.1) is 0 Å². The highest BCUT2D eigenvalue weighted by atomic mass is 16.5. The van der Waals surface area contributed by atoms with Gasteiger partial charge in [-0.3, -0.25) is 4.79 Å².